The van der Waals surface area contributed by atoms with E-state index >= 15 is 0 Å². The minimum atomic E-state index is 0.528. The zero-order valence-electron chi connectivity index (χ0n) is 17.2. The molecule has 2 N–H and O–H groups in total. The number of fused-ring (bicyclic) bond motifs is 1. The topological polar surface area (TPSA) is 58.6 Å². The number of rotatable bonds is 8. The van der Waals surface area contributed by atoms with Crippen molar-refractivity contribution in [2.75, 3.05) is 19.0 Å². The highest BCUT2D eigenvalue weighted by molar-refractivity contribution is 6.09. The average molecular weight is 392 g/mol. The van der Waals surface area contributed by atoms with Gasteiger partial charge in [0.05, 0.1) is 29.7 Å². The second-order valence-electron chi connectivity index (χ2n) is 7.53. The van der Waals surface area contributed by atoms with Crippen LogP contribution in [-0.2, 0) is 16.2 Å². The minimum absolute atomic E-state index is 0.528. The lowest BCUT2D eigenvalue weighted by molar-refractivity contribution is 0.134. The van der Waals surface area contributed by atoms with Crippen LogP contribution in [-0.4, -0.2) is 31.0 Å². The number of anilines is 1. The van der Waals surface area contributed by atoms with E-state index in [1.54, 1.807) is 13.3 Å². The Hall–Kier alpha value is -2.79. The minimum Gasteiger partial charge on any atom is -0.399 e. The van der Waals surface area contributed by atoms with Crippen LogP contribution in [0.15, 0.2) is 47.6 Å². The molecule has 29 heavy (non-hydrogen) atoms. The van der Waals surface area contributed by atoms with Crippen LogP contribution in [0, 0.1) is 0 Å². The maximum absolute atomic E-state index is 5.71. The summed E-state index contributed by atoms with van der Waals surface area (Å²) in [5.74, 6) is 0. The van der Waals surface area contributed by atoms with E-state index in [2.05, 4.69) is 51.9 Å². The van der Waals surface area contributed by atoms with Gasteiger partial charge in [-0.2, -0.15) is 0 Å². The van der Waals surface area contributed by atoms with Gasteiger partial charge in [0.25, 0.3) is 0 Å². The maximum atomic E-state index is 5.71. The summed E-state index contributed by atoms with van der Waals surface area (Å²) >= 11 is 0. The first-order valence-electron chi connectivity index (χ1n) is 10.4. The third kappa shape index (κ3) is 4.30. The highest BCUT2D eigenvalue weighted by Gasteiger charge is 2.20. The summed E-state index contributed by atoms with van der Waals surface area (Å²) in [5.41, 5.74) is 6.60. The number of oxime groups is 1. The van der Waals surface area contributed by atoms with Gasteiger partial charge >= 0.3 is 0 Å². The highest BCUT2D eigenvalue weighted by Crippen LogP contribution is 2.35. The van der Waals surface area contributed by atoms with Gasteiger partial charge in [-0.05, 0) is 43.0 Å². The molecule has 0 radical (unpaired) electrons. The van der Waals surface area contributed by atoms with E-state index in [1.807, 2.05) is 13.0 Å². The first-order chi connectivity index (χ1) is 14.3. The van der Waals surface area contributed by atoms with Crippen molar-refractivity contribution in [3.8, 4) is 11.3 Å². The van der Waals surface area contributed by atoms with Gasteiger partial charge in [0.15, 0.2) is 0 Å². The van der Waals surface area contributed by atoms with E-state index in [0.29, 0.717) is 19.3 Å². The molecule has 0 amide bonds. The molecule has 1 fully saturated rings. The third-order valence-electron chi connectivity index (χ3n) is 5.54. The van der Waals surface area contributed by atoms with Crippen LogP contribution in [0.3, 0.4) is 0 Å². The molecule has 0 unspecified atom stereocenters. The van der Waals surface area contributed by atoms with Gasteiger partial charge < -0.3 is 19.9 Å². The van der Waals surface area contributed by atoms with E-state index in [1.165, 1.54) is 25.7 Å². The van der Waals surface area contributed by atoms with Crippen molar-refractivity contribution in [3.63, 3.8) is 0 Å². The van der Waals surface area contributed by atoms with E-state index in [9.17, 15) is 0 Å². The molecule has 0 spiro atoms. The van der Waals surface area contributed by atoms with Crippen molar-refractivity contribution < 1.29 is 9.57 Å². The number of benzene rings is 2. The summed E-state index contributed by atoms with van der Waals surface area (Å²) in [7, 11) is 1.57. The summed E-state index contributed by atoms with van der Waals surface area (Å²) in [6, 6.07) is 15.3. The predicted molar refractivity (Wildman–Crippen MR) is 120 cm³/mol. The number of hydrogen-bond donors (Lipinski definition) is 2. The number of aromatic amines is 1. The summed E-state index contributed by atoms with van der Waals surface area (Å²) < 4.78 is 5.71. The molecule has 1 aliphatic carbocycles. The fraction of sp³-hybridized carbons (Fsp3) is 0.375. The summed E-state index contributed by atoms with van der Waals surface area (Å²) in [5, 5.41) is 8.99. The Morgan fingerprint density at radius 1 is 1.17 bits per heavy atom. The van der Waals surface area contributed by atoms with Crippen molar-refractivity contribution in [3.05, 3.63) is 53.6 Å². The molecule has 0 atom stereocenters. The van der Waals surface area contributed by atoms with Gasteiger partial charge in [-0.3, -0.25) is 0 Å². The van der Waals surface area contributed by atoms with Crippen LogP contribution in [0.5, 0.6) is 0 Å². The van der Waals surface area contributed by atoms with E-state index in [-0.39, 0.29) is 0 Å². The summed E-state index contributed by atoms with van der Waals surface area (Å²) in [6.07, 6.45) is 6.84. The molecular formula is C24H29N3O2. The second kappa shape index (κ2) is 9.14. The Kier molecular flexibility index (Phi) is 6.15. The number of nitrogens with one attached hydrogen (secondary N) is 2. The molecule has 152 valence electrons. The fourth-order valence-corrected chi connectivity index (χ4v) is 4.16. The molecule has 2 aromatic carbocycles. The van der Waals surface area contributed by atoms with E-state index < -0.39 is 0 Å². The number of H-pyrrole nitrogens is 1. The van der Waals surface area contributed by atoms with Crippen molar-refractivity contribution >= 4 is 22.8 Å². The molecule has 1 saturated carbocycles. The summed E-state index contributed by atoms with van der Waals surface area (Å²) in [6.45, 7) is 3.32. The molecule has 0 saturated heterocycles. The van der Waals surface area contributed by atoms with E-state index in [0.717, 1.165) is 39.0 Å². The Labute approximate surface area is 172 Å². The second-order valence-corrected chi connectivity index (χ2v) is 7.53. The maximum Gasteiger partial charge on any atom is 0.106 e. The van der Waals surface area contributed by atoms with Gasteiger partial charge in [0, 0.05) is 23.6 Å². The van der Waals surface area contributed by atoms with Crippen molar-refractivity contribution in [2.24, 2.45) is 5.16 Å². The third-order valence-corrected chi connectivity index (χ3v) is 5.54. The average Bonchev–Trinajstić information content (AvgIpc) is 3.39. The van der Waals surface area contributed by atoms with Gasteiger partial charge in [-0.15, -0.1) is 0 Å². The molecule has 0 bridgehead atoms. The molecule has 1 aliphatic rings. The molecule has 3 aromatic rings. The van der Waals surface area contributed by atoms with E-state index in [4.69, 9.17) is 9.57 Å². The van der Waals surface area contributed by atoms with Crippen LogP contribution >= 0.6 is 0 Å². The fourth-order valence-electron chi connectivity index (χ4n) is 4.16. The van der Waals surface area contributed by atoms with Crippen LogP contribution < -0.4 is 5.32 Å². The van der Waals surface area contributed by atoms with Crippen LogP contribution in [0.25, 0.3) is 22.2 Å². The number of aromatic nitrogens is 1. The van der Waals surface area contributed by atoms with Crippen molar-refractivity contribution in [1.29, 1.82) is 0 Å². The van der Waals surface area contributed by atoms with Crippen LogP contribution in [0.4, 0.5) is 5.69 Å². The van der Waals surface area contributed by atoms with Gasteiger partial charge in [0.2, 0.25) is 0 Å². The molecule has 0 aliphatic heterocycles. The lowest BCUT2D eigenvalue weighted by atomic mass is 10.0. The van der Waals surface area contributed by atoms with Crippen LogP contribution in [0.1, 0.15) is 43.7 Å². The largest absolute Gasteiger partial charge is 0.399 e. The molecule has 5 heteroatoms. The Morgan fingerprint density at radius 3 is 2.69 bits per heavy atom. The van der Waals surface area contributed by atoms with Gasteiger partial charge in [-0.1, -0.05) is 48.3 Å². The first-order valence-corrected chi connectivity index (χ1v) is 10.4. The SMILES string of the molecule is CCOCc1cc(NC2CCCC2)c2[nH]c(-c3ccccc3)c(/C=N/OC)c2c1. The predicted octanol–water partition coefficient (Wildman–Crippen LogP) is 5.71. The lowest BCUT2D eigenvalue weighted by Crippen LogP contribution is -2.15. The zero-order chi connectivity index (χ0) is 20.1. The highest BCUT2D eigenvalue weighted by atomic mass is 16.6. The standard InChI is InChI=1S/C24H29N3O2/c1-3-29-16-17-13-20-21(15-25-28-2)23(18-9-5-4-6-10-18)27-24(20)22(14-17)26-19-11-7-8-12-19/h4-6,9-10,13-15,19,26-27H,3,7-8,11-12,16H2,1-2H3/b25-15+. The smallest absolute Gasteiger partial charge is 0.106 e. The van der Waals surface area contributed by atoms with Gasteiger partial charge in [-0.25, -0.2) is 0 Å². The van der Waals surface area contributed by atoms with Crippen molar-refractivity contribution in [2.45, 2.75) is 45.3 Å². The Balaban J connectivity index is 1.87. The summed E-state index contributed by atoms with van der Waals surface area (Å²) in [4.78, 5) is 8.67. The number of nitrogens with zero attached hydrogens (tertiary/aromatic N) is 1. The zero-order valence-corrected chi connectivity index (χ0v) is 17.2. The number of ether oxygens (including phenoxy) is 1. The van der Waals surface area contributed by atoms with Crippen molar-refractivity contribution in [1.82, 2.24) is 4.98 Å². The lowest BCUT2D eigenvalue weighted by Gasteiger charge is -2.16. The quantitative estimate of drug-likeness (QED) is 0.382. The number of hydrogen-bond acceptors (Lipinski definition) is 4. The first kappa shape index (κ1) is 19.5. The Bertz CT molecular complexity index is 973. The molecule has 4 rings (SSSR count). The van der Waals surface area contributed by atoms with Crippen LogP contribution in [0.2, 0.25) is 0 Å². The van der Waals surface area contributed by atoms with Gasteiger partial charge in [0.1, 0.15) is 7.11 Å². The monoisotopic (exact) mass is 391 g/mol. The molecular weight excluding hydrogens is 362 g/mol. The Morgan fingerprint density at radius 2 is 1.97 bits per heavy atom. The molecule has 1 heterocycles. The molecule has 1 aromatic heterocycles. The normalized spacial score (nSPS) is 14.8. The molecule has 5 nitrogen and oxygen atoms in total.